The van der Waals surface area contributed by atoms with Crippen molar-refractivity contribution < 1.29 is 9.50 Å². The quantitative estimate of drug-likeness (QED) is 0.743. The van der Waals surface area contributed by atoms with Crippen molar-refractivity contribution in [1.29, 1.82) is 0 Å². The number of aryl methyl sites for hydroxylation is 1. The van der Waals surface area contributed by atoms with Gasteiger partial charge in [0.25, 0.3) is 0 Å². The molecular weight excluding hydrogens is 339 g/mol. The predicted molar refractivity (Wildman–Crippen MR) is 104 cm³/mol. The molecule has 0 aliphatic carbocycles. The number of halogens is 2. The van der Waals surface area contributed by atoms with Crippen LogP contribution in [0.1, 0.15) is 51.7 Å². The van der Waals surface area contributed by atoms with E-state index < -0.39 is 0 Å². The summed E-state index contributed by atoms with van der Waals surface area (Å²) in [6, 6.07) is 5.31. The molecule has 3 nitrogen and oxygen atoms in total. The highest BCUT2D eigenvalue weighted by Crippen LogP contribution is 2.33. The van der Waals surface area contributed by atoms with Crippen LogP contribution in [0.4, 0.5) is 10.2 Å². The Kier molecular flexibility index (Phi) is 8.87. The van der Waals surface area contributed by atoms with Gasteiger partial charge in [-0.05, 0) is 43.4 Å². The molecule has 1 heterocycles. The van der Waals surface area contributed by atoms with Crippen LogP contribution in [0.25, 0.3) is 11.1 Å². The lowest BCUT2D eigenvalue weighted by molar-refractivity contribution is 0.183. The van der Waals surface area contributed by atoms with E-state index in [1.54, 1.807) is 12.1 Å². The second kappa shape index (κ2) is 10.4. The fourth-order valence-corrected chi connectivity index (χ4v) is 2.87. The van der Waals surface area contributed by atoms with Crippen LogP contribution in [-0.4, -0.2) is 16.2 Å². The van der Waals surface area contributed by atoms with Crippen molar-refractivity contribution in [2.45, 2.75) is 59.5 Å². The number of benzene rings is 1. The van der Waals surface area contributed by atoms with Gasteiger partial charge in [0.15, 0.2) is 0 Å². The summed E-state index contributed by atoms with van der Waals surface area (Å²) in [7, 11) is 0. The monoisotopic (exact) mass is 366 g/mol. The van der Waals surface area contributed by atoms with E-state index in [9.17, 15) is 4.39 Å². The van der Waals surface area contributed by atoms with Crippen molar-refractivity contribution in [3.63, 3.8) is 0 Å². The second-order valence-corrected chi connectivity index (χ2v) is 6.41. The van der Waals surface area contributed by atoms with Gasteiger partial charge in [-0.1, -0.05) is 50.9 Å². The average molecular weight is 367 g/mol. The SMILES string of the molecule is CCCC(C)O.CCc1ccc(-c2cc(N)ncc2Cl)c(F)c1CC. The van der Waals surface area contributed by atoms with Gasteiger partial charge in [0.05, 0.1) is 11.1 Å². The Bertz CT molecular complexity index is 690. The van der Waals surface area contributed by atoms with Crippen LogP contribution in [-0.2, 0) is 12.8 Å². The number of aromatic nitrogens is 1. The molecule has 0 fully saturated rings. The number of nitrogens with two attached hydrogens (primary N) is 1. The molecule has 138 valence electrons. The summed E-state index contributed by atoms with van der Waals surface area (Å²) >= 11 is 6.09. The van der Waals surface area contributed by atoms with Crippen LogP contribution in [0.15, 0.2) is 24.4 Å². The molecular formula is C20H28ClFN2O. The Balaban J connectivity index is 0.000000450. The Labute approximate surface area is 155 Å². The van der Waals surface area contributed by atoms with Crippen molar-refractivity contribution in [1.82, 2.24) is 4.98 Å². The minimum atomic E-state index is -0.214. The first-order valence-electron chi connectivity index (χ1n) is 8.75. The predicted octanol–water partition coefficient (Wildman–Crippen LogP) is 5.42. The topological polar surface area (TPSA) is 59.1 Å². The Morgan fingerprint density at radius 1 is 1.20 bits per heavy atom. The summed E-state index contributed by atoms with van der Waals surface area (Å²) in [6.45, 7) is 7.84. The molecule has 0 spiro atoms. The van der Waals surface area contributed by atoms with Crippen LogP contribution >= 0.6 is 11.6 Å². The van der Waals surface area contributed by atoms with Gasteiger partial charge < -0.3 is 10.8 Å². The molecule has 0 saturated carbocycles. The molecule has 0 aliphatic rings. The van der Waals surface area contributed by atoms with Crippen LogP contribution in [0, 0.1) is 5.82 Å². The summed E-state index contributed by atoms with van der Waals surface area (Å²) in [5.74, 6) is 0.116. The van der Waals surface area contributed by atoms with Crippen molar-refractivity contribution >= 4 is 17.4 Å². The maximum absolute atomic E-state index is 14.6. The zero-order valence-electron chi connectivity index (χ0n) is 15.4. The van der Waals surface area contributed by atoms with Crippen LogP contribution in [0.3, 0.4) is 0 Å². The third-order valence-corrected chi connectivity index (χ3v) is 4.25. The highest BCUT2D eigenvalue weighted by Gasteiger charge is 2.15. The van der Waals surface area contributed by atoms with Crippen molar-refractivity contribution in [2.75, 3.05) is 5.73 Å². The summed E-state index contributed by atoms with van der Waals surface area (Å²) in [5.41, 5.74) is 8.49. The molecule has 0 amide bonds. The molecule has 2 rings (SSSR count). The van der Waals surface area contributed by atoms with Crippen LogP contribution in [0.2, 0.25) is 5.02 Å². The molecule has 1 aromatic heterocycles. The van der Waals surface area contributed by atoms with Crippen LogP contribution in [0.5, 0.6) is 0 Å². The number of aliphatic hydroxyl groups excluding tert-OH is 1. The van der Waals surface area contributed by atoms with Gasteiger partial charge in [-0.2, -0.15) is 0 Å². The van der Waals surface area contributed by atoms with E-state index in [2.05, 4.69) is 11.9 Å². The van der Waals surface area contributed by atoms with E-state index in [0.717, 1.165) is 30.4 Å². The number of pyridine rings is 1. The molecule has 0 bridgehead atoms. The molecule has 1 aromatic carbocycles. The van der Waals surface area contributed by atoms with Gasteiger partial charge in [0.2, 0.25) is 0 Å². The first-order valence-corrected chi connectivity index (χ1v) is 9.13. The second-order valence-electron chi connectivity index (χ2n) is 6.00. The summed E-state index contributed by atoms with van der Waals surface area (Å²) in [6.07, 6.45) is 4.83. The fraction of sp³-hybridized carbons (Fsp3) is 0.450. The third-order valence-electron chi connectivity index (χ3n) is 3.95. The first kappa shape index (κ1) is 21.4. The zero-order chi connectivity index (χ0) is 19.0. The molecule has 0 aliphatic heterocycles. The van der Waals surface area contributed by atoms with Crippen molar-refractivity contribution in [3.8, 4) is 11.1 Å². The van der Waals surface area contributed by atoms with Gasteiger partial charge in [-0.15, -0.1) is 0 Å². The maximum Gasteiger partial charge on any atom is 0.134 e. The summed E-state index contributed by atoms with van der Waals surface area (Å²) in [4.78, 5) is 3.89. The molecule has 1 atom stereocenters. The van der Waals surface area contributed by atoms with E-state index in [-0.39, 0.29) is 11.9 Å². The van der Waals surface area contributed by atoms with Gasteiger partial charge in [0, 0.05) is 17.3 Å². The number of hydrogen-bond donors (Lipinski definition) is 2. The molecule has 2 aromatic rings. The average Bonchev–Trinajstić information content (AvgIpc) is 2.57. The highest BCUT2D eigenvalue weighted by molar-refractivity contribution is 6.33. The number of hydrogen-bond acceptors (Lipinski definition) is 3. The Morgan fingerprint density at radius 2 is 1.88 bits per heavy atom. The number of nitrogen functional groups attached to an aromatic ring is 1. The molecule has 5 heteroatoms. The molecule has 3 N–H and O–H groups in total. The first-order chi connectivity index (χ1) is 11.8. The maximum atomic E-state index is 14.6. The largest absolute Gasteiger partial charge is 0.393 e. The van der Waals surface area contributed by atoms with E-state index >= 15 is 0 Å². The van der Waals surface area contributed by atoms with E-state index in [0.29, 0.717) is 28.4 Å². The highest BCUT2D eigenvalue weighted by atomic mass is 35.5. The Morgan fingerprint density at radius 3 is 2.36 bits per heavy atom. The number of rotatable bonds is 5. The summed E-state index contributed by atoms with van der Waals surface area (Å²) < 4.78 is 14.6. The number of anilines is 1. The summed E-state index contributed by atoms with van der Waals surface area (Å²) in [5, 5.41) is 8.95. The number of aliphatic hydroxyl groups is 1. The zero-order valence-corrected chi connectivity index (χ0v) is 16.2. The standard InChI is InChI=1S/C15H16ClFN2.C5H12O/c1-3-9-5-6-11(15(17)10(9)4-2)12-7-14(18)19-8-13(12)16;1-3-4-5(2)6/h5-8H,3-4H2,1-2H3,(H2,18,19);5-6H,3-4H2,1-2H3. The fourth-order valence-electron chi connectivity index (χ4n) is 2.66. The van der Waals surface area contributed by atoms with E-state index in [1.807, 2.05) is 26.8 Å². The van der Waals surface area contributed by atoms with Gasteiger partial charge in [-0.3, -0.25) is 0 Å². The number of nitrogens with zero attached hydrogens (tertiary/aromatic N) is 1. The normalized spacial score (nSPS) is 11.6. The molecule has 1 unspecified atom stereocenters. The van der Waals surface area contributed by atoms with E-state index in [4.69, 9.17) is 22.4 Å². The van der Waals surface area contributed by atoms with Crippen LogP contribution < -0.4 is 5.73 Å². The molecule has 0 saturated heterocycles. The van der Waals surface area contributed by atoms with Gasteiger partial charge in [-0.25, -0.2) is 9.37 Å². The lowest BCUT2D eigenvalue weighted by atomic mass is 9.96. The third kappa shape index (κ3) is 5.98. The lowest BCUT2D eigenvalue weighted by Gasteiger charge is -2.13. The van der Waals surface area contributed by atoms with E-state index in [1.165, 1.54) is 6.20 Å². The molecule has 25 heavy (non-hydrogen) atoms. The van der Waals surface area contributed by atoms with Crippen molar-refractivity contribution in [3.05, 3.63) is 46.4 Å². The molecule has 0 radical (unpaired) electrons. The van der Waals surface area contributed by atoms with Gasteiger partial charge >= 0.3 is 0 Å². The van der Waals surface area contributed by atoms with Crippen molar-refractivity contribution in [2.24, 2.45) is 0 Å². The van der Waals surface area contributed by atoms with Gasteiger partial charge in [0.1, 0.15) is 11.6 Å². The minimum absolute atomic E-state index is 0.102. The smallest absolute Gasteiger partial charge is 0.134 e. The minimum Gasteiger partial charge on any atom is -0.393 e. The lowest BCUT2D eigenvalue weighted by Crippen LogP contribution is -1.99. The Hall–Kier alpha value is -1.65.